The first-order valence-corrected chi connectivity index (χ1v) is 11.4. The third kappa shape index (κ3) is 5.01. The molecular formula is C27H31N3O3. The highest BCUT2D eigenvalue weighted by Gasteiger charge is 2.24. The number of anilines is 2. The number of likely N-dealkylation sites (N-methyl/N-ethyl adjacent to an activating group) is 1. The molecule has 0 amide bonds. The van der Waals surface area contributed by atoms with Crippen molar-refractivity contribution in [3.8, 4) is 5.75 Å². The summed E-state index contributed by atoms with van der Waals surface area (Å²) in [5.41, 5.74) is 4.84. The summed E-state index contributed by atoms with van der Waals surface area (Å²) in [4.78, 5) is 26.7. The first-order valence-electron chi connectivity index (χ1n) is 11.4. The highest BCUT2D eigenvalue weighted by Crippen LogP contribution is 2.31. The minimum Gasteiger partial charge on any atom is -0.508 e. The smallest absolute Gasteiger partial charge is 0.253 e. The average molecular weight is 446 g/mol. The van der Waals surface area contributed by atoms with Crippen LogP contribution in [0.15, 0.2) is 64.2 Å². The molecular weight excluding hydrogens is 414 g/mol. The van der Waals surface area contributed by atoms with E-state index >= 15 is 0 Å². The number of hydrogen-bond donors (Lipinski definition) is 3. The van der Waals surface area contributed by atoms with Gasteiger partial charge in [0.1, 0.15) is 17.1 Å². The van der Waals surface area contributed by atoms with Gasteiger partial charge in [-0.2, -0.15) is 0 Å². The Balaban J connectivity index is 1.39. The van der Waals surface area contributed by atoms with Gasteiger partial charge in [-0.3, -0.25) is 9.59 Å². The molecule has 0 unspecified atom stereocenters. The van der Waals surface area contributed by atoms with Crippen LogP contribution in [0, 0.1) is 0 Å². The molecule has 0 bridgehead atoms. The zero-order chi connectivity index (χ0) is 23.5. The number of hydrogen-bond acceptors (Lipinski definition) is 6. The van der Waals surface area contributed by atoms with E-state index in [1.54, 1.807) is 12.1 Å². The molecule has 0 saturated heterocycles. The molecule has 1 aliphatic carbocycles. The fourth-order valence-corrected chi connectivity index (χ4v) is 4.43. The average Bonchev–Trinajstić information content (AvgIpc) is 3.21. The Labute approximate surface area is 194 Å². The van der Waals surface area contributed by atoms with Crippen molar-refractivity contribution in [1.82, 2.24) is 4.90 Å². The molecule has 172 valence electrons. The van der Waals surface area contributed by atoms with Crippen LogP contribution in [0.5, 0.6) is 5.75 Å². The third-order valence-electron chi connectivity index (χ3n) is 6.41. The van der Waals surface area contributed by atoms with Crippen molar-refractivity contribution in [2.24, 2.45) is 0 Å². The summed E-state index contributed by atoms with van der Waals surface area (Å²) in [6.07, 6.45) is 4.73. The molecule has 3 aromatic carbocycles. The van der Waals surface area contributed by atoms with Crippen LogP contribution in [0.2, 0.25) is 0 Å². The van der Waals surface area contributed by atoms with Crippen molar-refractivity contribution >= 4 is 16.9 Å². The van der Waals surface area contributed by atoms with Crippen LogP contribution < -0.4 is 21.5 Å². The lowest BCUT2D eigenvalue weighted by atomic mass is 10.00. The molecule has 0 spiro atoms. The summed E-state index contributed by atoms with van der Waals surface area (Å²) in [6, 6.07) is 15.7. The van der Waals surface area contributed by atoms with Gasteiger partial charge < -0.3 is 20.6 Å². The van der Waals surface area contributed by atoms with Gasteiger partial charge in [0.2, 0.25) is 0 Å². The van der Waals surface area contributed by atoms with Crippen LogP contribution in [-0.4, -0.2) is 42.7 Å². The second kappa shape index (κ2) is 9.63. The van der Waals surface area contributed by atoms with E-state index in [1.807, 2.05) is 39.2 Å². The Morgan fingerprint density at radius 2 is 1.67 bits per heavy atom. The molecule has 4 rings (SSSR count). The van der Waals surface area contributed by atoms with Gasteiger partial charge in [-0.15, -0.1) is 0 Å². The van der Waals surface area contributed by atoms with Crippen LogP contribution in [-0.2, 0) is 12.8 Å². The predicted octanol–water partition coefficient (Wildman–Crippen LogP) is 3.40. The molecule has 0 heterocycles. The second-order valence-corrected chi connectivity index (χ2v) is 9.12. The van der Waals surface area contributed by atoms with E-state index in [-0.39, 0.29) is 17.8 Å². The third-order valence-corrected chi connectivity index (χ3v) is 6.41. The van der Waals surface area contributed by atoms with Crippen LogP contribution in [0.25, 0.3) is 5.57 Å². The lowest BCUT2D eigenvalue weighted by molar-refractivity contribution is 0.303. The van der Waals surface area contributed by atoms with Crippen LogP contribution in [0.3, 0.4) is 0 Å². The number of rotatable bonds is 10. The fraction of sp³-hybridized carbons (Fsp3) is 0.333. The zero-order valence-corrected chi connectivity index (χ0v) is 19.4. The van der Waals surface area contributed by atoms with Gasteiger partial charge >= 0.3 is 0 Å². The molecule has 0 radical (unpaired) electrons. The fourth-order valence-electron chi connectivity index (χ4n) is 4.43. The summed E-state index contributed by atoms with van der Waals surface area (Å²) in [6.45, 7) is 2.57. The number of nitrogens with one attached hydrogen (secondary N) is 2. The number of phenols is 1. The molecule has 0 fully saturated rings. The lowest BCUT2D eigenvalue weighted by Crippen LogP contribution is -2.42. The van der Waals surface area contributed by atoms with E-state index in [1.165, 1.54) is 16.7 Å². The van der Waals surface area contributed by atoms with Crippen LogP contribution >= 0.6 is 0 Å². The Hall–Kier alpha value is -3.38. The molecule has 33 heavy (non-hydrogen) atoms. The minimum atomic E-state index is -0.461. The van der Waals surface area contributed by atoms with Gasteiger partial charge in [-0.1, -0.05) is 42.5 Å². The largest absolute Gasteiger partial charge is 0.508 e. The predicted molar refractivity (Wildman–Crippen MR) is 135 cm³/mol. The maximum absolute atomic E-state index is 12.3. The zero-order valence-electron chi connectivity index (χ0n) is 19.4. The van der Waals surface area contributed by atoms with Crippen molar-refractivity contribution in [2.45, 2.75) is 38.3 Å². The van der Waals surface area contributed by atoms with Gasteiger partial charge in [0, 0.05) is 18.6 Å². The standard InChI is InChI=1S/C27H31N3O3/c1-17(14-20-11-10-19-6-4-5-7-23(19)20)29-25-24(26(32)27(25)33)28-16-21(30(2)3)15-18-8-12-22(31)13-9-18/h4-9,11-13,17,21,28-29,31H,10,14-16H2,1-3H3/t17-,21-/m0/s1. The summed E-state index contributed by atoms with van der Waals surface area (Å²) in [5.74, 6) is 0.240. The van der Waals surface area contributed by atoms with Gasteiger partial charge in [-0.05, 0) is 74.7 Å². The van der Waals surface area contributed by atoms with Crippen molar-refractivity contribution in [3.63, 3.8) is 0 Å². The first-order chi connectivity index (χ1) is 15.8. The number of aromatic hydroxyl groups is 1. The lowest BCUT2D eigenvalue weighted by Gasteiger charge is -2.27. The van der Waals surface area contributed by atoms with Crippen molar-refractivity contribution < 1.29 is 5.11 Å². The van der Waals surface area contributed by atoms with E-state index in [0.717, 1.165) is 24.8 Å². The van der Waals surface area contributed by atoms with E-state index in [4.69, 9.17) is 0 Å². The van der Waals surface area contributed by atoms with Gasteiger partial charge in [-0.25, -0.2) is 0 Å². The number of fused-ring (bicyclic) bond motifs is 1. The Kier molecular flexibility index (Phi) is 6.65. The molecule has 1 aliphatic rings. The van der Waals surface area contributed by atoms with Gasteiger partial charge in [0.25, 0.3) is 10.9 Å². The highest BCUT2D eigenvalue weighted by atomic mass is 16.3. The van der Waals surface area contributed by atoms with Crippen LogP contribution in [0.4, 0.5) is 11.4 Å². The van der Waals surface area contributed by atoms with Crippen molar-refractivity contribution in [2.75, 3.05) is 31.3 Å². The minimum absolute atomic E-state index is 0.0212. The molecule has 2 atom stereocenters. The van der Waals surface area contributed by atoms with E-state index in [2.05, 4.69) is 39.8 Å². The molecule has 6 nitrogen and oxygen atoms in total. The molecule has 3 aromatic rings. The van der Waals surface area contributed by atoms with Gasteiger partial charge in [0.15, 0.2) is 0 Å². The van der Waals surface area contributed by atoms with E-state index in [9.17, 15) is 14.7 Å². The maximum atomic E-state index is 12.3. The van der Waals surface area contributed by atoms with Crippen molar-refractivity contribution in [3.05, 3.63) is 91.7 Å². The highest BCUT2D eigenvalue weighted by molar-refractivity contribution is 5.76. The Morgan fingerprint density at radius 1 is 0.970 bits per heavy atom. The normalized spacial score (nSPS) is 14.7. The Morgan fingerprint density at radius 3 is 2.39 bits per heavy atom. The summed E-state index contributed by atoms with van der Waals surface area (Å²) in [5, 5.41) is 16.0. The monoisotopic (exact) mass is 445 g/mol. The number of benzene rings is 2. The van der Waals surface area contributed by atoms with E-state index < -0.39 is 10.9 Å². The van der Waals surface area contributed by atoms with E-state index in [0.29, 0.717) is 17.9 Å². The number of allylic oxidation sites excluding steroid dienone is 1. The second-order valence-electron chi connectivity index (χ2n) is 9.12. The summed E-state index contributed by atoms with van der Waals surface area (Å²) >= 11 is 0. The Bertz CT molecular complexity index is 1220. The SMILES string of the molecule is C[C@@H](CC1=CCc2ccccc21)Nc1c(NC[C@H](Cc2ccc(O)cc2)N(C)C)c(=O)c1=O. The maximum Gasteiger partial charge on any atom is 0.253 e. The summed E-state index contributed by atoms with van der Waals surface area (Å²) in [7, 11) is 3.98. The summed E-state index contributed by atoms with van der Waals surface area (Å²) < 4.78 is 0. The van der Waals surface area contributed by atoms with Gasteiger partial charge in [0.05, 0.1) is 0 Å². The number of phenolic OH excluding ortho intramolecular Hbond substituents is 1. The van der Waals surface area contributed by atoms with Crippen molar-refractivity contribution in [1.29, 1.82) is 0 Å². The molecule has 0 aromatic heterocycles. The number of nitrogens with zero attached hydrogens (tertiary/aromatic N) is 1. The quantitative estimate of drug-likeness (QED) is 0.415. The molecule has 0 aliphatic heterocycles. The molecule has 6 heteroatoms. The van der Waals surface area contributed by atoms with Crippen LogP contribution in [0.1, 0.15) is 30.0 Å². The molecule has 0 saturated carbocycles. The topological polar surface area (TPSA) is 81.7 Å². The first kappa shape index (κ1) is 22.8. The molecule has 3 N–H and O–H groups in total.